The topological polar surface area (TPSA) is 92.7 Å². The number of carboxylic acid groups (broad SMARTS) is 1. The van der Waals surface area contributed by atoms with Gasteiger partial charge in [0.1, 0.15) is 4.21 Å². The molecule has 0 amide bonds. The number of ether oxygens (including phenoxy) is 1. The molecule has 6 nitrogen and oxygen atoms in total. The first kappa shape index (κ1) is 16.1. The molecule has 0 radical (unpaired) electrons. The van der Waals surface area contributed by atoms with Crippen LogP contribution >= 0.6 is 11.3 Å². The van der Waals surface area contributed by atoms with Gasteiger partial charge in [0.2, 0.25) is 10.0 Å². The fourth-order valence-corrected chi connectivity index (χ4v) is 3.54. The van der Waals surface area contributed by atoms with Gasteiger partial charge in [-0.3, -0.25) is 0 Å². The molecule has 0 spiro atoms. The molecule has 0 aliphatic carbocycles. The SMILES string of the molecule is CCCOCCCNS(=O)(=O)c1cc(C(=O)O)cs1. The van der Waals surface area contributed by atoms with Gasteiger partial charge < -0.3 is 9.84 Å². The molecule has 0 atom stereocenters. The molecule has 0 aromatic carbocycles. The zero-order chi connectivity index (χ0) is 14.3. The highest BCUT2D eigenvalue weighted by atomic mass is 32.2. The van der Waals surface area contributed by atoms with Crippen LogP contribution in [0, 0.1) is 0 Å². The van der Waals surface area contributed by atoms with E-state index in [2.05, 4.69) is 4.72 Å². The summed E-state index contributed by atoms with van der Waals surface area (Å²) in [7, 11) is -3.62. The zero-order valence-corrected chi connectivity index (χ0v) is 12.2. The molecule has 0 unspecified atom stereocenters. The summed E-state index contributed by atoms with van der Waals surface area (Å²) in [6.45, 7) is 3.44. The van der Waals surface area contributed by atoms with Crippen LogP contribution < -0.4 is 4.72 Å². The monoisotopic (exact) mass is 307 g/mol. The van der Waals surface area contributed by atoms with E-state index in [4.69, 9.17) is 9.84 Å². The van der Waals surface area contributed by atoms with Crippen LogP contribution in [0.4, 0.5) is 0 Å². The summed E-state index contributed by atoms with van der Waals surface area (Å²) in [5.41, 5.74) is -0.0170. The molecular weight excluding hydrogens is 290 g/mol. The Morgan fingerprint density at radius 1 is 1.47 bits per heavy atom. The van der Waals surface area contributed by atoms with Gasteiger partial charge in [-0.15, -0.1) is 11.3 Å². The number of aromatic carboxylic acids is 1. The van der Waals surface area contributed by atoms with E-state index in [0.717, 1.165) is 23.8 Å². The minimum Gasteiger partial charge on any atom is -0.478 e. The van der Waals surface area contributed by atoms with Crippen molar-refractivity contribution in [3.8, 4) is 0 Å². The molecular formula is C11H17NO5S2. The molecule has 19 heavy (non-hydrogen) atoms. The van der Waals surface area contributed by atoms with Gasteiger partial charge >= 0.3 is 5.97 Å². The maximum Gasteiger partial charge on any atom is 0.336 e. The van der Waals surface area contributed by atoms with Gasteiger partial charge in [0.05, 0.1) is 5.56 Å². The van der Waals surface area contributed by atoms with Crippen LogP contribution in [0.3, 0.4) is 0 Å². The van der Waals surface area contributed by atoms with Gasteiger partial charge in [-0.2, -0.15) is 0 Å². The van der Waals surface area contributed by atoms with Crippen molar-refractivity contribution in [2.24, 2.45) is 0 Å². The second-order valence-corrected chi connectivity index (χ2v) is 6.73. The Morgan fingerprint density at radius 3 is 2.79 bits per heavy atom. The Labute approximate surface area is 116 Å². The van der Waals surface area contributed by atoms with E-state index < -0.39 is 16.0 Å². The lowest BCUT2D eigenvalue weighted by Gasteiger charge is -2.05. The molecule has 0 saturated heterocycles. The lowest BCUT2D eigenvalue weighted by molar-refractivity contribution is 0.0697. The van der Waals surface area contributed by atoms with Crippen molar-refractivity contribution >= 4 is 27.3 Å². The summed E-state index contributed by atoms with van der Waals surface area (Å²) < 4.78 is 31.3. The smallest absolute Gasteiger partial charge is 0.336 e. The quantitative estimate of drug-likeness (QED) is 0.675. The number of hydrogen-bond acceptors (Lipinski definition) is 5. The van der Waals surface area contributed by atoms with Crippen molar-refractivity contribution in [3.63, 3.8) is 0 Å². The highest BCUT2D eigenvalue weighted by Crippen LogP contribution is 2.19. The van der Waals surface area contributed by atoms with Crippen molar-refractivity contribution in [1.82, 2.24) is 4.72 Å². The Bertz CT molecular complexity index is 509. The predicted molar refractivity (Wildman–Crippen MR) is 72.2 cm³/mol. The Morgan fingerprint density at radius 2 is 2.21 bits per heavy atom. The van der Waals surface area contributed by atoms with Gasteiger partial charge in [-0.05, 0) is 18.9 Å². The third-order valence-corrected chi connectivity index (χ3v) is 5.09. The minimum atomic E-state index is -3.62. The summed E-state index contributed by atoms with van der Waals surface area (Å²) in [4.78, 5) is 10.7. The normalized spacial score (nSPS) is 11.6. The molecule has 0 bridgehead atoms. The highest BCUT2D eigenvalue weighted by molar-refractivity contribution is 7.91. The predicted octanol–water partition coefficient (Wildman–Crippen LogP) is 1.54. The van der Waals surface area contributed by atoms with E-state index in [1.807, 2.05) is 6.92 Å². The second kappa shape index (κ2) is 7.59. The van der Waals surface area contributed by atoms with Gasteiger partial charge in [-0.25, -0.2) is 17.9 Å². The number of hydrogen-bond donors (Lipinski definition) is 2. The van der Waals surface area contributed by atoms with Crippen molar-refractivity contribution < 1.29 is 23.1 Å². The number of carboxylic acids is 1. The molecule has 1 rings (SSSR count). The molecule has 1 aromatic rings. The Hall–Kier alpha value is -0.960. The van der Waals surface area contributed by atoms with E-state index in [-0.39, 0.29) is 16.3 Å². The van der Waals surface area contributed by atoms with Crippen molar-refractivity contribution in [2.45, 2.75) is 24.0 Å². The molecule has 2 N–H and O–H groups in total. The van der Waals surface area contributed by atoms with E-state index in [1.165, 1.54) is 5.38 Å². The van der Waals surface area contributed by atoms with Gasteiger partial charge in [0.25, 0.3) is 0 Å². The van der Waals surface area contributed by atoms with Crippen LogP contribution in [-0.4, -0.2) is 39.3 Å². The summed E-state index contributed by atoms with van der Waals surface area (Å²) in [5, 5.41) is 10.0. The first-order valence-electron chi connectivity index (χ1n) is 5.86. The van der Waals surface area contributed by atoms with Crippen LogP contribution in [0.2, 0.25) is 0 Å². The zero-order valence-electron chi connectivity index (χ0n) is 10.6. The van der Waals surface area contributed by atoms with Gasteiger partial charge in [0.15, 0.2) is 0 Å². The summed E-state index contributed by atoms with van der Waals surface area (Å²) in [5.74, 6) is -1.13. The van der Waals surface area contributed by atoms with E-state index in [9.17, 15) is 13.2 Å². The van der Waals surface area contributed by atoms with Crippen LogP contribution in [0.1, 0.15) is 30.1 Å². The number of sulfonamides is 1. The van der Waals surface area contributed by atoms with Crippen molar-refractivity contribution in [3.05, 3.63) is 17.0 Å². The molecule has 1 heterocycles. The van der Waals surface area contributed by atoms with Crippen LogP contribution in [0.15, 0.2) is 15.7 Å². The summed E-state index contributed by atoms with van der Waals surface area (Å²) >= 11 is 0.894. The number of rotatable bonds is 9. The van der Waals surface area contributed by atoms with E-state index in [1.54, 1.807) is 0 Å². The third-order valence-electron chi connectivity index (χ3n) is 2.19. The van der Waals surface area contributed by atoms with Crippen LogP contribution in [-0.2, 0) is 14.8 Å². The largest absolute Gasteiger partial charge is 0.478 e. The molecule has 108 valence electrons. The van der Waals surface area contributed by atoms with Crippen molar-refractivity contribution in [2.75, 3.05) is 19.8 Å². The Kier molecular flexibility index (Phi) is 6.43. The number of thiophene rings is 1. The van der Waals surface area contributed by atoms with Gasteiger partial charge in [-0.1, -0.05) is 6.92 Å². The number of carbonyl (C=O) groups is 1. The van der Waals surface area contributed by atoms with Gasteiger partial charge in [0, 0.05) is 25.1 Å². The Balaban J connectivity index is 2.44. The minimum absolute atomic E-state index is 0.0133. The molecule has 8 heteroatoms. The molecule has 0 aliphatic heterocycles. The second-order valence-electron chi connectivity index (χ2n) is 3.82. The molecule has 0 aliphatic rings. The van der Waals surface area contributed by atoms with E-state index >= 15 is 0 Å². The molecule has 0 saturated carbocycles. The van der Waals surface area contributed by atoms with Crippen LogP contribution in [0.25, 0.3) is 0 Å². The van der Waals surface area contributed by atoms with Crippen LogP contribution in [0.5, 0.6) is 0 Å². The average Bonchev–Trinajstić information content (AvgIpc) is 2.84. The third kappa shape index (κ3) is 5.27. The molecule has 0 fully saturated rings. The first-order chi connectivity index (χ1) is 8.97. The summed E-state index contributed by atoms with van der Waals surface area (Å²) in [6, 6.07) is 1.16. The lowest BCUT2D eigenvalue weighted by atomic mass is 10.4. The maximum absolute atomic E-state index is 11.8. The fourth-order valence-electron chi connectivity index (χ4n) is 1.27. The standard InChI is InChI=1S/C11H17NO5S2/c1-2-5-17-6-3-4-12-19(15,16)10-7-9(8-18-10)11(13)14/h7-8,12H,2-6H2,1H3,(H,13,14). The lowest BCUT2D eigenvalue weighted by Crippen LogP contribution is -2.25. The summed E-state index contributed by atoms with van der Waals surface area (Å²) in [6.07, 6.45) is 1.51. The van der Waals surface area contributed by atoms with E-state index in [0.29, 0.717) is 19.6 Å². The average molecular weight is 307 g/mol. The number of nitrogens with one attached hydrogen (secondary N) is 1. The van der Waals surface area contributed by atoms with Crippen molar-refractivity contribution in [1.29, 1.82) is 0 Å². The fraction of sp³-hybridized carbons (Fsp3) is 0.545. The first-order valence-corrected chi connectivity index (χ1v) is 8.23. The maximum atomic E-state index is 11.8. The molecule has 1 aromatic heterocycles. The highest BCUT2D eigenvalue weighted by Gasteiger charge is 2.18.